The molecule has 1 heterocycles. The van der Waals surface area contributed by atoms with Crippen LogP contribution in [-0.2, 0) is 0 Å². The van der Waals surface area contributed by atoms with E-state index in [1.807, 2.05) is 0 Å². The number of hydrogen-bond donors (Lipinski definition) is 0. The Morgan fingerprint density at radius 2 is 2.17 bits per heavy atom. The van der Waals surface area contributed by atoms with Crippen molar-refractivity contribution in [2.24, 2.45) is 10.4 Å². The van der Waals surface area contributed by atoms with Crippen molar-refractivity contribution in [3.63, 3.8) is 0 Å². The van der Waals surface area contributed by atoms with E-state index in [-0.39, 0.29) is 0 Å². The Morgan fingerprint density at radius 3 is 2.67 bits per heavy atom. The van der Waals surface area contributed by atoms with Gasteiger partial charge in [0.1, 0.15) is 5.84 Å². The van der Waals surface area contributed by atoms with E-state index >= 15 is 0 Å². The van der Waals surface area contributed by atoms with Gasteiger partial charge in [0.05, 0.1) is 12.4 Å². The maximum atomic E-state index is 5.76. The molecule has 0 aromatic rings. The molecule has 0 saturated heterocycles. The van der Waals surface area contributed by atoms with Gasteiger partial charge >= 0.3 is 0 Å². The summed E-state index contributed by atoms with van der Waals surface area (Å²) in [6.45, 7) is 9.71. The first-order valence-corrected chi connectivity index (χ1v) is 4.90. The molecule has 1 rings (SSSR count). The van der Waals surface area contributed by atoms with E-state index in [9.17, 15) is 0 Å². The molecule has 0 aromatic heterocycles. The van der Waals surface area contributed by atoms with E-state index in [4.69, 9.17) is 11.6 Å². The van der Waals surface area contributed by atoms with Crippen molar-refractivity contribution < 1.29 is 0 Å². The largest absolute Gasteiger partial charge is 0.357 e. The molecule has 0 radical (unpaired) electrons. The van der Waals surface area contributed by atoms with E-state index < -0.39 is 0 Å². The zero-order valence-electron chi connectivity index (χ0n) is 8.10. The molecule has 0 atom stereocenters. The summed E-state index contributed by atoms with van der Waals surface area (Å²) >= 11 is 5.76. The Balaban J connectivity index is 2.49. The van der Waals surface area contributed by atoms with Crippen LogP contribution in [0.4, 0.5) is 0 Å². The minimum atomic E-state index is 0.331. The summed E-state index contributed by atoms with van der Waals surface area (Å²) in [7, 11) is 0. The summed E-state index contributed by atoms with van der Waals surface area (Å²) in [6, 6.07) is 0. The molecule has 0 unspecified atom stereocenters. The first-order valence-electron chi connectivity index (χ1n) is 4.37. The fourth-order valence-electron chi connectivity index (χ4n) is 1.40. The highest BCUT2D eigenvalue weighted by atomic mass is 35.5. The Hall–Kier alpha value is -0.240. The fraction of sp³-hybridized carbons (Fsp3) is 0.889. The first kappa shape index (κ1) is 9.85. The molecule has 0 aromatic carbocycles. The quantitative estimate of drug-likeness (QED) is 0.606. The van der Waals surface area contributed by atoms with E-state index in [0.717, 1.165) is 25.5 Å². The molecule has 12 heavy (non-hydrogen) atoms. The molecule has 0 amide bonds. The lowest BCUT2D eigenvalue weighted by Gasteiger charge is -2.28. The number of hydrogen-bond acceptors (Lipinski definition) is 2. The zero-order chi connectivity index (χ0) is 9.19. The lowest BCUT2D eigenvalue weighted by molar-refractivity contribution is 0.289. The second-order valence-electron chi connectivity index (χ2n) is 4.41. The van der Waals surface area contributed by atoms with Gasteiger partial charge < -0.3 is 4.90 Å². The van der Waals surface area contributed by atoms with E-state index in [2.05, 4.69) is 30.7 Å². The highest BCUT2D eigenvalue weighted by Crippen LogP contribution is 2.17. The predicted molar refractivity (Wildman–Crippen MR) is 54.1 cm³/mol. The zero-order valence-corrected chi connectivity index (χ0v) is 8.86. The molecular weight excluding hydrogens is 172 g/mol. The molecule has 0 aliphatic carbocycles. The summed E-state index contributed by atoms with van der Waals surface area (Å²) in [5.74, 6) is 1.61. The minimum absolute atomic E-state index is 0.331. The second kappa shape index (κ2) is 3.65. The number of rotatable bonds is 2. The van der Waals surface area contributed by atoms with Crippen molar-refractivity contribution in [2.75, 3.05) is 25.5 Å². The molecule has 1 aliphatic heterocycles. The van der Waals surface area contributed by atoms with Crippen LogP contribution < -0.4 is 0 Å². The first-order chi connectivity index (χ1) is 5.53. The number of halogens is 1. The van der Waals surface area contributed by atoms with Gasteiger partial charge in [0, 0.05) is 13.1 Å². The Morgan fingerprint density at radius 1 is 1.50 bits per heavy atom. The number of amidine groups is 1. The summed E-state index contributed by atoms with van der Waals surface area (Å²) in [5.41, 5.74) is 0.331. The summed E-state index contributed by atoms with van der Waals surface area (Å²) in [5, 5.41) is 0. The molecule has 0 spiro atoms. The van der Waals surface area contributed by atoms with Crippen molar-refractivity contribution in [2.45, 2.75) is 20.8 Å². The van der Waals surface area contributed by atoms with Crippen LogP contribution in [-0.4, -0.2) is 36.2 Å². The van der Waals surface area contributed by atoms with Crippen molar-refractivity contribution in [1.82, 2.24) is 4.90 Å². The highest BCUT2D eigenvalue weighted by molar-refractivity contribution is 6.28. The number of alkyl halides is 1. The van der Waals surface area contributed by atoms with Gasteiger partial charge in [0.25, 0.3) is 0 Å². The molecule has 70 valence electrons. The van der Waals surface area contributed by atoms with E-state index in [1.54, 1.807) is 0 Å². The normalized spacial score (nSPS) is 18.3. The Labute approximate surface area is 79.6 Å². The lowest BCUT2D eigenvalue weighted by Crippen LogP contribution is -2.36. The maximum Gasteiger partial charge on any atom is 0.114 e. The van der Waals surface area contributed by atoms with Crippen LogP contribution in [0.1, 0.15) is 20.8 Å². The Bertz CT molecular complexity index is 181. The summed E-state index contributed by atoms with van der Waals surface area (Å²) in [4.78, 5) is 6.62. The topological polar surface area (TPSA) is 15.6 Å². The van der Waals surface area contributed by atoms with Crippen LogP contribution >= 0.6 is 11.6 Å². The monoisotopic (exact) mass is 188 g/mol. The SMILES string of the molecule is CC(C)(C)CN1CCN=C1CCl. The molecule has 0 saturated carbocycles. The number of aliphatic imine (C=N–C) groups is 1. The molecule has 3 heteroatoms. The number of nitrogens with zero attached hydrogens (tertiary/aromatic N) is 2. The van der Waals surface area contributed by atoms with Gasteiger partial charge in [-0.05, 0) is 5.41 Å². The van der Waals surface area contributed by atoms with Crippen LogP contribution in [0.25, 0.3) is 0 Å². The van der Waals surface area contributed by atoms with Gasteiger partial charge in [-0.25, -0.2) is 0 Å². The van der Waals surface area contributed by atoms with Gasteiger partial charge in [-0.3, -0.25) is 4.99 Å². The molecular formula is C9H17ClN2. The summed E-state index contributed by atoms with van der Waals surface area (Å²) in [6.07, 6.45) is 0. The third-order valence-electron chi connectivity index (χ3n) is 1.81. The summed E-state index contributed by atoms with van der Waals surface area (Å²) < 4.78 is 0. The van der Waals surface area contributed by atoms with E-state index in [0.29, 0.717) is 11.3 Å². The van der Waals surface area contributed by atoms with Crippen LogP contribution in [0, 0.1) is 5.41 Å². The average molecular weight is 189 g/mol. The van der Waals surface area contributed by atoms with Crippen LogP contribution in [0.5, 0.6) is 0 Å². The third kappa shape index (κ3) is 2.67. The van der Waals surface area contributed by atoms with Gasteiger partial charge in [0.15, 0.2) is 0 Å². The molecule has 0 fully saturated rings. The average Bonchev–Trinajstić information content (AvgIpc) is 2.31. The molecule has 2 nitrogen and oxygen atoms in total. The third-order valence-corrected chi connectivity index (χ3v) is 2.05. The van der Waals surface area contributed by atoms with Crippen LogP contribution in [0.15, 0.2) is 4.99 Å². The van der Waals surface area contributed by atoms with E-state index in [1.165, 1.54) is 0 Å². The maximum absolute atomic E-state index is 5.76. The van der Waals surface area contributed by atoms with Crippen LogP contribution in [0.2, 0.25) is 0 Å². The van der Waals surface area contributed by atoms with Gasteiger partial charge in [-0.2, -0.15) is 0 Å². The van der Waals surface area contributed by atoms with Crippen molar-refractivity contribution in [3.05, 3.63) is 0 Å². The smallest absolute Gasteiger partial charge is 0.114 e. The molecule has 0 bridgehead atoms. The Kier molecular flexibility index (Phi) is 2.99. The predicted octanol–water partition coefficient (Wildman–Crippen LogP) is 1.99. The fourth-order valence-corrected chi connectivity index (χ4v) is 1.65. The van der Waals surface area contributed by atoms with Gasteiger partial charge in [-0.15, -0.1) is 11.6 Å². The second-order valence-corrected chi connectivity index (χ2v) is 4.68. The van der Waals surface area contributed by atoms with Gasteiger partial charge in [-0.1, -0.05) is 20.8 Å². The van der Waals surface area contributed by atoms with Gasteiger partial charge in [0.2, 0.25) is 0 Å². The molecule has 0 N–H and O–H groups in total. The standard InChI is InChI=1S/C9H17ClN2/c1-9(2,3)7-12-5-4-11-8(12)6-10/h4-7H2,1-3H3. The van der Waals surface area contributed by atoms with Crippen LogP contribution in [0.3, 0.4) is 0 Å². The van der Waals surface area contributed by atoms with Crippen molar-refractivity contribution >= 4 is 17.4 Å². The lowest BCUT2D eigenvalue weighted by atomic mass is 9.96. The van der Waals surface area contributed by atoms with Crippen molar-refractivity contribution in [3.8, 4) is 0 Å². The van der Waals surface area contributed by atoms with Crippen molar-refractivity contribution in [1.29, 1.82) is 0 Å². The highest BCUT2D eigenvalue weighted by Gasteiger charge is 2.21. The minimum Gasteiger partial charge on any atom is -0.357 e. The molecule has 1 aliphatic rings.